The molecule has 0 N–H and O–H groups in total. The molecule has 0 aliphatic carbocycles. The van der Waals surface area contributed by atoms with E-state index in [1.54, 1.807) is 0 Å². The lowest BCUT2D eigenvalue weighted by Gasteiger charge is -2.36. The molecule has 0 atom stereocenters. The first-order valence-corrected chi connectivity index (χ1v) is 10.7. The molecule has 2 aliphatic heterocycles. The number of piperidine rings is 1. The maximum atomic E-state index is 13.6. The number of rotatable bonds is 4. The van der Waals surface area contributed by atoms with Gasteiger partial charge in [-0.05, 0) is 82.2 Å². The first kappa shape index (κ1) is 21.2. The van der Waals surface area contributed by atoms with Crippen molar-refractivity contribution in [3.8, 4) is 0 Å². The Morgan fingerprint density at radius 1 is 0.968 bits per heavy atom. The van der Waals surface area contributed by atoms with Gasteiger partial charge in [0.15, 0.2) is 0 Å². The van der Waals surface area contributed by atoms with E-state index in [1.165, 1.54) is 29.2 Å². The van der Waals surface area contributed by atoms with Crippen LogP contribution in [0.3, 0.4) is 0 Å². The Hall–Kier alpha value is -2.99. The predicted octanol–water partition coefficient (Wildman–Crippen LogP) is 3.75. The van der Waals surface area contributed by atoms with Crippen molar-refractivity contribution in [1.29, 1.82) is 0 Å². The van der Waals surface area contributed by atoms with E-state index in [1.807, 2.05) is 44.0 Å². The van der Waals surface area contributed by atoms with Crippen molar-refractivity contribution in [3.05, 3.63) is 70.7 Å². The fourth-order valence-electron chi connectivity index (χ4n) is 4.57. The Kier molecular flexibility index (Phi) is 5.67. The first-order valence-electron chi connectivity index (χ1n) is 10.7. The van der Waals surface area contributed by atoms with Crippen molar-refractivity contribution in [1.82, 2.24) is 9.80 Å². The van der Waals surface area contributed by atoms with Crippen LogP contribution in [0.25, 0.3) is 5.57 Å². The van der Waals surface area contributed by atoms with Gasteiger partial charge in [0.1, 0.15) is 11.5 Å². The second kappa shape index (κ2) is 8.27. The summed E-state index contributed by atoms with van der Waals surface area (Å²) >= 11 is 0. The predicted molar refractivity (Wildman–Crippen MR) is 120 cm³/mol. The van der Waals surface area contributed by atoms with Crippen LogP contribution in [0.15, 0.2) is 48.2 Å². The standard InChI is InChI=1S/C25H28FN3O2/c1-16-5-10-21(17(2)15-16)22-23(28(4)19-11-13-27(3)14-12-19)25(31)29(24(22)30)20-8-6-18(26)7-9-20/h5-10,15,19H,11-14H2,1-4H3. The Bertz CT molecular complexity index is 1050. The van der Waals surface area contributed by atoms with Crippen molar-refractivity contribution in [2.24, 2.45) is 0 Å². The van der Waals surface area contributed by atoms with Crippen LogP contribution in [-0.2, 0) is 9.59 Å². The molecule has 2 aromatic carbocycles. The molecule has 31 heavy (non-hydrogen) atoms. The second-order valence-corrected chi connectivity index (χ2v) is 8.61. The fourth-order valence-corrected chi connectivity index (χ4v) is 4.57. The number of carbonyl (C=O) groups is 2. The van der Waals surface area contributed by atoms with Gasteiger partial charge in [0, 0.05) is 13.1 Å². The number of imide groups is 1. The highest BCUT2D eigenvalue weighted by Crippen LogP contribution is 2.37. The maximum absolute atomic E-state index is 13.6. The zero-order valence-corrected chi connectivity index (χ0v) is 18.5. The van der Waals surface area contributed by atoms with E-state index in [0.717, 1.165) is 42.6 Å². The number of carbonyl (C=O) groups excluding carboxylic acids is 2. The van der Waals surface area contributed by atoms with E-state index in [2.05, 4.69) is 11.9 Å². The average molecular weight is 422 g/mol. The number of likely N-dealkylation sites (N-methyl/N-ethyl adjacent to an activating group) is 1. The van der Waals surface area contributed by atoms with Gasteiger partial charge < -0.3 is 9.80 Å². The molecule has 0 spiro atoms. The molecule has 0 aromatic heterocycles. The van der Waals surface area contributed by atoms with E-state index in [4.69, 9.17) is 0 Å². The SMILES string of the molecule is Cc1ccc(C2=C(N(C)C3CCN(C)CC3)C(=O)N(c3ccc(F)cc3)C2=O)c(C)c1. The lowest BCUT2D eigenvalue weighted by molar-refractivity contribution is -0.120. The maximum Gasteiger partial charge on any atom is 0.282 e. The Morgan fingerprint density at radius 3 is 2.23 bits per heavy atom. The van der Waals surface area contributed by atoms with E-state index in [0.29, 0.717) is 17.0 Å². The molecule has 2 heterocycles. The van der Waals surface area contributed by atoms with Gasteiger partial charge >= 0.3 is 0 Å². The molecule has 5 nitrogen and oxygen atoms in total. The normalized spacial score (nSPS) is 18.3. The molecule has 4 rings (SSSR count). The van der Waals surface area contributed by atoms with Gasteiger partial charge in [0.25, 0.3) is 11.8 Å². The van der Waals surface area contributed by atoms with Crippen molar-refractivity contribution in [3.63, 3.8) is 0 Å². The summed E-state index contributed by atoms with van der Waals surface area (Å²) < 4.78 is 13.5. The fraction of sp³-hybridized carbons (Fsp3) is 0.360. The molecule has 1 saturated heterocycles. The summed E-state index contributed by atoms with van der Waals surface area (Å²) in [5.41, 5.74) is 4.04. The minimum absolute atomic E-state index is 0.178. The van der Waals surface area contributed by atoms with Gasteiger partial charge in [-0.25, -0.2) is 9.29 Å². The highest BCUT2D eigenvalue weighted by atomic mass is 19.1. The quantitative estimate of drug-likeness (QED) is 0.706. The number of anilines is 1. The van der Waals surface area contributed by atoms with Crippen molar-refractivity contribution in [2.45, 2.75) is 32.7 Å². The third-order valence-electron chi connectivity index (χ3n) is 6.38. The summed E-state index contributed by atoms with van der Waals surface area (Å²) in [5, 5.41) is 0. The number of hydrogen-bond donors (Lipinski definition) is 0. The molecular formula is C25H28FN3O2. The molecular weight excluding hydrogens is 393 g/mol. The summed E-state index contributed by atoms with van der Waals surface area (Å²) in [6, 6.07) is 11.6. The monoisotopic (exact) mass is 421 g/mol. The zero-order valence-electron chi connectivity index (χ0n) is 18.5. The number of aryl methyl sites for hydroxylation is 2. The van der Waals surface area contributed by atoms with E-state index < -0.39 is 5.82 Å². The van der Waals surface area contributed by atoms with E-state index in [9.17, 15) is 14.0 Å². The van der Waals surface area contributed by atoms with Gasteiger partial charge in [-0.2, -0.15) is 0 Å². The number of hydrogen-bond acceptors (Lipinski definition) is 4. The molecule has 0 saturated carbocycles. The number of nitrogens with zero attached hydrogens (tertiary/aromatic N) is 3. The smallest absolute Gasteiger partial charge is 0.282 e. The summed E-state index contributed by atoms with van der Waals surface area (Å²) in [5.74, 6) is -1.12. The highest BCUT2D eigenvalue weighted by Gasteiger charge is 2.43. The number of benzene rings is 2. The molecule has 0 bridgehead atoms. The summed E-state index contributed by atoms with van der Waals surface area (Å²) in [6.45, 7) is 5.86. The topological polar surface area (TPSA) is 43.9 Å². The molecule has 2 amide bonds. The Labute approximate surface area is 182 Å². The second-order valence-electron chi connectivity index (χ2n) is 8.61. The minimum Gasteiger partial charge on any atom is -0.366 e. The minimum atomic E-state index is -0.408. The van der Waals surface area contributed by atoms with Crippen LogP contribution in [0.5, 0.6) is 0 Å². The van der Waals surface area contributed by atoms with E-state index >= 15 is 0 Å². The van der Waals surface area contributed by atoms with Gasteiger partial charge in [0.2, 0.25) is 0 Å². The van der Waals surface area contributed by atoms with Gasteiger partial charge in [-0.1, -0.05) is 23.8 Å². The van der Waals surface area contributed by atoms with Crippen molar-refractivity contribution in [2.75, 3.05) is 32.1 Å². The lowest BCUT2D eigenvalue weighted by Crippen LogP contribution is -2.43. The lowest BCUT2D eigenvalue weighted by atomic mass is 9.96. The van der Waals surface area contributed by atoms with Crippen LogP contribution in [-0.4, -0.2) is 54.8 Å². The van der Waals surface area contributed by atoms with E-state index in [-0.39, 0.29) is 17.9 Å². The molecule has 6 heteroatoms. The van der Waals surface area contributed by atoms with Gasteiger partial charge in [0.05, 0.1) is 11.3 Å². The Morgan fingerprint density at radius 2 is 1.61 bits per heavy atom. The molecule has 2 aliphatic rings. The molecule has 0 unspecified atom stereocenters. The van der Waals surface area contributed by atoms with Crippen LogP contribution >= 0.6 is 0 Å². The summed E-state index contributed by atoms with van der Waals surface area (Å²) in [7, 11) is 4.01. The van der Waals surface area contributed by atoms with Crippen LogP contribution < -0.4 is 4.90 Å². The van der Waals surface area contributed by atoms with Crippen LogP contribution in [0.1, 0.15) is 29.5 Å². The van der Waals surface area contributed by atoms with Gasteiger partial charge in [-0.15, -0.1) is 0 Å². The first-order chi connectivity index (χ1) is 14.8. The van der Waals surface area contributed by atoms with Crippen LogP contribution in [0, 0.1) is 19.7 Å². The highest BCUT2D eigenvalue weighted by molar-refractivity contribution is 6.45. The third-order valence-corrected chi connectivity index (χ3v) is 6.38. The zero-order chi connectivity index (χ0) is 22.3. The third kappa shape index (κ3) is 3.88. The number of amides is 2. The largest absolute Gasteiger partial charge is 0.366 e. The molecule has 2 aromatic rings. The molecule has 162 valence electrons. The average Bonchev–Trinajstić information content (AvgIpc) is 2.99. The number of likely N-dealkylation sites (tertiary alicyclic amines) is 1. The van der Waals surface area contributed by atoms with Crippen molar-refractivity contribution >= 4 is 23.1 Å². The van der Waals surface area contributed by atoms with Crippen LogP contribution in [0.2, 0.25) is 0 Å². The summed E-state index contributed by atoms with van der Waals surface area (Å²) in [4.78, 5) is 32.7. The van der Waals surface area contributed by atoms with Crippen molar-refractivity contribution < 1.29 is 14.0 Å². The molecule has 1 fully saturated rings. The number of halogens is 1. The van der Waals surface area contributed by atoms with Gasteiger partial charge in [-0.3, -0.25) is 9.59 Å². The van der Waals surface area contributed by atoms with Crippen LogP contribution in [0.4, 0.5) is 10.1 Å². The Balaban J connectivity index is 1.81. The summed E-state index contributed by atoms with van der Waals surface area (Å²) in [6.07, 6.45) is 1.85. The molecule has 0 radical (unpaired) electrons.